The molecule has 7 nitrogen and oxygen atoms in total. The quantitative estimate of drug-likeness (QED) is 0.589. The Kier molecular flexibility index (Phi) is 7.10. The summed E-state index contributed by atoms with van der Waals surface area (Å²) in [5.74, 6) is 0.0148. The Labute approximate surface area is 178 Å². The van der Waals surface area contributed by atoms with E-state index in [2.05, 4.69) is 12.2 Å². The number of ether oxygens (including phenoxy) is 1. The van der Waals surface area contributed by atoms with Crippen molar-refractivity contribution in [1.82, 2.24) is 10.2 Å². The first-order chi connectivity index (χ1) is 14.4. The van der Waals surface area contributed by atoms with Crippen LogP contribution in [0.25, 0.3) is 0 Å². The van der Waals surface area contributed by atoms with Gasteiger partial charge >= 0.3 is 6.09 Å². The minimum atomic E-state index is -0.922. The summed E-state index contributed by atoms with van der Waals surface area (Å²) in [5, 5.41) is 22.4. The van der Waals surface area contributed by atoms with Crippen molar-refractivity contribution in [1.29, 1.82) is 0 Å². The number of benzene rings is 1. The van der Waals surface area contributed by atoms with Crippen molar-refractivity contribution in [3.63, 3.8) is 0 Å². The molecule has 1 aliphatic carbocycles. The molecule has 0 radical (unpaired) electrons. The molecule has 30 heavy (non-hydrogen) atoms. The maximum atomic E-state index is 13.0. The normalized spacial score (nSPS) is 22.8. The summed E-state index contributed by atoms with van der Waals surface area (Å²) < 4.78 is 5.13. The first-order valence-corrected chi connectivity index (χ1v) is 11.0. The van der Waals surface area contributed by atoms with Gasteiger partial charge in [-0.25, -0.2) is 4.79 Å². The highest BCUT2D eigenvalue weighted by Crippen LogP contribution is 2.51. The second kappa shape index (κ2) is 9.58. The Morgan fingerprint density at radius 2 is 2.00 bits per heavy atom. The van der Waals surface area contributed by atoms with Gasteiger partial charge < -0.3 is 25.2 Å². The van der Waals surface area contributed by atoms with E-state index in [1.807, 2.05) is 0 Å². The zero-order chi connectivity index (χ0) is 21.7. The molecule has 1 saturated carbocycles. The van der Waals surface area contributed by atoms with Gasteiger partial charge in [-0.2, -0.15) is 0 Å². The van der Waals surface area contributed by atoms with Crippen LogP contribution in [0.15, 0.2) is 18.2 Å². The van der Waals surface area contributed by atoms with E-state index in [1.165, 1.54) is 18.4 Å². The van der Waals surface area contributed by atoms with Crippen LogP contribution < -0.4 is 10.1 Å². The summed E-state index contributed by atoms with van der Waals surface area (Å²) in [6, 6.07) is 4.74. The van der Waals surface area contributed by atoms with Crippen molar-refractivity contribution in [3.05, 3.63) is 23.8 Å². The van der Waals surface area contributed by atoms with E-state index in [4.69, 9.17) is 4.74 Å². The van der Waals surface area contributed by atoms with E-state index in [9.17, 15) is 19.8 Å². The number of amides is 2. The maximum Gasteiger partial charge on any atom is 0.407 e. The number of nitrogens with one attached hydrogen (secondary N) is 1. The van der Waals surface area contributed by atoms with E-state index in [0.29, 0.717) is 12.3 Å². The lowest BCUT2D eigenvalue weighted by Gasteiger charge is -2.57. The van der Waals surface area contributed by atoms with Crippen LogP contribution in [-0.2, 0) is 11.3 Å². The van der Waals surface area contributed by atoms with Gasteiger partial charge in [0.15, 0.2) is 11.5 Å². The number of methoxy groups -OCH3 is 1. The molecule has 7 heteroatoms. The number of aromatic hydroxyl groups is 1. The maximum absolute atomic E-state index is 13.0. The number of likely N-dealkylation sites (tertiary alicyclic amines) is 1. The number of rotatable bonds is 8. The average molecular weight is 419 g/mol. The molecule has 2 unspecified atom stereocenters. The van der Waals surface area contributed by atoms with Crippen LogP contribution in [0.3, 0.4) is 0 Å². The van der Waals surface area contributed by atoms with Crippen LogP contribution in [0.5, 0.6) is 11.5 Å². The fraction of sp³-hybridized carbons (Fsp3) is 0.652. The minimum absolute atomic E-state index is 0.0545. The molecule has 1 heterocycles. The van der Waals surface area contributed by atoms with Crippen LogP contribution in [0.1, 0.15) is 63.9 Å². The molecule has 2 amide bonds. The Hall–Kier alpha value is -2.44. The Bertz CT molecular complexity index is 760. The molecule has 3 rings (SSSR count). The Morgan fingerprint density at radius 1 is 1.27 bits per heavy atom. The monoisotopic (exact) mass is 418 g/mol. The molecule has 2 aliphatic rings. The van der Waals surface area contributed by atoms with Gasteiger partial charge in [0, 0.05) is 13.1 Å². The zero-order valence-electron chi connectivity index (χ0n) is 18.0. The highest BCUT2D eigenvalue weighted by Gasteiger charge is 2.56. The van der Waals surface area contributed by atoms with Crippen LogP contribution in [-0.4, -0.2) is 46.8 Å². The number of carbonyl (C=O) groups excluding carboxylic acids is 1. The molecule has 166 valence electrons. The van der Waals surface area contributed by atoms with Crippen LogP contribution in [0, 0.1) is 11.3 Å². The van der Waals surface area contributed by atoms with Crippen molar-refractivity contribution in [2.45, 2.75) is 70.9 Å². The highest BCUT2D eigenvalue weighted by atomic mass is 16.5. The summed E-state index contributed by atoms with van der Waals surface area (Å²) in [6.45, 7) is 2.73. The third-order valence-electron chi connectivity index (χ3n) is 6.91. The van der Waals surface area contributed by atoms with E-state index in [1.54, 1.807) is 18.2 Å². The topological polar surface area (TPSA) is 99.1 Å². The lowest BCUT2D eigenvalue weighted by atomic mass is 9.59. The largest absolute Gasteiger partial charge is 0.504 e. The molecule has 0 spiro atoms. The van der Waals surface area contributed by atoms with Crippen molar-refractivity contribution in [3.8, 4) is 11.5 Å². The fourth-order valence-corrected chi connectivity index (χ4v) is 5.32. The number of phenols is 1. The second-order valence-corrected chi connectivity index (χ2v) is 8.74. The summed E-state index contributed by atoms with van der Waals surface area (Å²) >= 11 is 0. The average Bonchev–Trinajstić information content (AvgIpc) is 2.71. The van der Waals surface area contributed by atoms with Gasteiger partial charge in [-0.1, -0.05) is 45.1 Å². The third-order valence-corrected chi connectivity index (χ3v) is 6.91. The number of nitrogens with zero attached hydrogens (tertiary/aromatic N) is 1. The van der Waals surface area contributed by atoms with Crippen molar-refractivity contribution < 1.29 is 24.5 Å². The summed E-state index contributed by atoms with van der Waals surface area (Å²) in [4.78, 5) is 26.4. The third kappa shape index (κ3) is 4.50. The Balaban J connectivity index is 1.73. The van der Waals surface area contributed by atoms with E-state index >= 15 is 0 Å². The molecular formula is C23H34N2O5. The van der Waals surface area contributed by atoms with Crippen molar-refractivity contribution in [2.75, 3.05) is 13.7 Å². The Morgan fingerprint density at radius 3 is 2.63 bits per heavy atom. The van der Waals surface area contributed by atoms with E-state index in [0.717, 1.165) is 50.5 Å². The molecule has 1 aromatic rings. The molecule has 2 fully saturated rings. The number of carboxylic acid groups (broad SMARTS) is 1. The van der Waals surface area contributed by atoms with E-state index < -0.39 is 6.09 Å². The van der Waals surface area contributed by atoms with Crippen molar-refractivity contribution in [2.24, 2.45) is 11.3 Å². The number of phenolic OH excluding ortho intramolecular Hbond substituents is 1. The molecule has 3 N–H and O–H groups in total. The smallest absolute Gasteiger partial charge is 0.407 e. The minimum Gasteiger partial charge on any atom is -0.504 e. The SMILES string of the molecule is CCCCC1(C2C(C(=O)NCc3ccc(O)c(OC)c3)CN2C(=O)O)CCCCC1. The molecular weight excluding hydrogens is 384 g/mol. The highest BCUT2D eigenvalue weighted by molar-refractivity contribution is 5.83. The zero-order valence-corrected chi connectivity index (χ0v) is 18.0. The number of unbranched alkanes of at least 4 members (excludes halogenated alkanes) is 1. The van der Waals surface area contributed by atoms with Gasteiger partial charge in [-0.05, 0) is 42.4 Å². The lowest BCUT2D eigenvalue weighted by Crippen LogP contribution is -2.69. The van der Waals surface area contributed by atoms with E-state index in [-0.39, 0.29) is 35.6 Å². The summed E-state index contributed by atoms with van der Waals surface area (Å²) in [6.07, 6.45) is 7.59. The first kappa shape index (κ1) is 22.2. The molecule has 1 aromatic carbocycles. The van der Waals surface area contributed by atoms with Gasteiger partial charge in [-0.15, -0.1) is 0 Å². The lowest BCUT2D eigenvalue weighted by molar-refractivity contribution is -0.143. The standard InChI is InChI=1S/C23H34N2O5/c1-3-4-10-23(11-6-5-7-12-23)20-17(15-25(20)22(28)29)21(27)24-14-16-8-9-18(26)19(13-16)30-2/h8-9,13,17,20,26H,3-7,10-12,14-15H2,1-2H3,(H,24,27)(H,28,29). The number of hydrogen-bond acceptors (Lipinski definition) is 4. The van der Waals surface area contributed by atoms with Crippen LogP contribution >= 0.6 is 0 Å². The van der Waals surface area contributed by atoms with Gasteiger partial charge in [0.1, 0.15) is 0 Å². The van der Waals surface area contributed by atoms with Crippen LogP contribution in [0.2, 0.25) is 0 Å². The predicted molar refractivity (Wildman–Crippen MR) is 114 cm³/mol. The molecule has 0 aromatic heterocycles. The molecule has 1 aliphatic heterocycles. The van der Waals surface area contributed by atoms with Crippen molar-refractivity contribution >= 4 is 12.0 Å². The van der Waals surface area contributed by atoms with Gasteiger partial charge in [0.2, 0.25) is 5.91 Å². The van der Waals surface area contributed by atoms with Gasteiger partial charge in [0.05, 0.1) is 19.1 Å². The van der Waals surface area contributed by atoms with Crippen LogP contribution in [0.4, 0.5) is 4.79 Å². The second-order valence-electron chi connectivity index (χ2n) is 8.74. The molecule has 0 bridgehead atoms. The predicted octanol–water partition coefficient (Wildman–Crippen LogP) is 4.14. The fourth-order valence-electron chi connectivity index (χ4n) is 5.32. The van der Waals surface area contributed by atoms with Gasteiger partial charge in [-0.3, -0.25) is 4.79 Å². The first-order valence-electron chi connectivity index (χ1n) is 11.0. The van der Waals surface area contributed by atoms with Gasteiger partial charge in [0.25, 0.3) is 0 Å². The molecule has 1 saturated heterocycles. The number of carbonyl (C=O) groups is 2. The number of hydrogen-bond donors (Lipinski definition) is 3. The summed E-state index contributed by atoms with van der Waals surface area (Å²) in [7, 11) is 1.48. The molecule has 2 atom stereocenters. The summed E-state index contributed by atoms with van der Waals surface area (Å²) in [5.41, 5.74) is 0.733.